The van der Waals surface area contributed by atoms with Crippen molar-refractivity contribution in [1.29, 1.82) is 0 Å². The molecule has 2 aromatic rings. The molecule has 3 N–H and O–H groups in total. The lowest BCUT2D eigenvalue weighted by molar-refractivity contribution is -0.137. The zero-order valence-corrected chi connectivity index (χ0v) is 21.8. The van der Waals surface area contributed by atoms with Crippen molar-refractivity contribution in [2.75, 3.05) is 25.0 Å². The third-order valence-electron chi connectivity index (χ3n) is 5.53. The summed E-state index contributed by atoms with van der Waals surface area (Å²) >= 11 is 31.2. The SMILES string of the molecule is O=CC1(CNc2ccc(Cl)c(C(=O)NCC(=O)NCC(F)(F)F)c2)C(c2cc(Cl)cc(Cl)c2)C1(Cl)Cl. The standard InChI is InChI=1S/C22H17Cl5F3N3O3/c23-12-3-11(4-13(24)5-12)18-20(10-34,22(18,26)27)8-32-14-1-2-16(25)15(6-14)19(36)31-7-17(35)33-9-21(28,29)30/h1-6,10,18,32H,7-9H2,(H,31,36)(H,33,35). The maximum Gasteiger partial charge on any atom is 0.405 e. The Hall–Kier alpha value is -1.91. The fraction of sp³-hybridized carbons (Fsp3) is 0.318. The second kappa shape index (κ2) is 10.8. The number of alkyl halides is 5. The molecule has 0 bridgehead atoms. The number of nitrogens with one attached hydrogen (secondary N) is 3. The van der Waals surface area contributed by atoms with Gasteiger partial charge in [-0.05, 0) is 42.0 Å². The van der Waals surface area contributed by atoms with E-state index in [2.05, 4.69) is 10.6 Å². The van der Waals surface area contributed by atoms with Gasteiger partial charge in [-0.25, -0.2) is 0 Å². The highest BCUT2D eigenvalue weighted by molar-refractivity contribution is 6.54. The number of amides is 2. The summed E-state index contributed by atoms with van der Waals surface area (Å²) in [5.74, 6) is -2.45. The van der Waals surface area contributed by atoms with Gasteiger partial charge in [0, 0.05) is 28.2 Å². The summed E-state index contributed by atoms with van der Waals surface area (Å²) in [6.07, 6.45) is -3.94. The van der Waals surface area contributed by atoms with Gasteiger partial charge in [0.05, 0.1) is 22.5 Å². The lowest BCUT2D eigenvalue weighted by Gasteiger charge is -2.15. The van der Waals surface area contributed by atoms with E-state index in [-0.39, 0.29) is 17.1 Å². The first-order valence-corrected chi connectivity index (χ1v) is 12.0. The van der Waals surface area contributed by atoms with Gasteiger partial charge in [0.2, 0.25) is 5.91 Å². The number of hydrogen-bond donors (Lipinski definition) is 3. The van der Waals surface area contributed by atoms with E-state index in [9.17, 15) is 27.6 Å². The van der Waals surface area contributed by atoms with Gasteiger partial charge in [-0.15, -0.1) is 0 Å². The molecule has 14 heteroatoms. The van der Waals surface area contributed by atoms with E-state index < -0.39 is 46.7 Å². The highest BCUT2D eigenvalue weighted by Gasteiger charge is 2.76. The molecule has 0 saturated heterocycles. The van der Waals surface area contributed by atoms with Crippen LogP contribution in [-0.4, -0.2) is 48.2 Å². The van der Waals surface area contributed by atoms with Crippen LogP contribution < -0.4 is 16.0 Å². The van der Waals surface area contributed by atoms with E-state index in [0.29, 0.717) is 27.6 Å². The normalized spacial score (nSPS) is 20.4. The van der Waals surface area contributed by atoms with Crippen LogP contribution in [0.3, 0.4) is 0 Å². The van der Waals surface area contributed by atoms with Gasteiger partial charge in [0.15, 0.2) is 0 Å². The van der Waals surface area contributed by atoms with E-state index in [1.165, 1.54) is 24.3 Å². The predicted molar refractivity (Wildman–Crippen MR) is 133 cm³/mol. The second-order valence-electron chi connectivity index (χ2n) is 8.04. The van der Waals surface area contributed by atoms with Crippen LogP contribution in [0.5, 0.6) is 0 Å². The Kier molecular flexibility index (Phi) is 8.62. The minimum Gasteiger partial charge on any atom is -0.384 e. The molecule has 1 fully saturated rings. The smallest absolute Gasteiger partial charge is 0.384 e. The molecule has 1 aliphatic carbocycles. The first-order chi connectivity index (χ1) is 16.7. The van der Waals surface area contributed by atoms with Crippen molar-refractivity contribution in [3.63, 3.8) is 0 Å². The Morgan fingerprint density at radius 2 is 1.64 bits per heavy atom. The van der Waals surface area contributed by atoms with Gasteiger partial charge >= 0.3 is 6.18 Å². The van der Waals surface area contributed by atoms with Crippen LogP contribution in [-0.2, 0) is 9.59 Å². The van der Waals surface area contributed by atoms with Crippen LogP contribution in [0.4, 0.5) is 18.9 Å². The molecule has 3 rings (SSSR count). The van der Waals surface area contributed by atoms with Crippen LogP contribution >= 0.6 is 58.0 Å². The molecule has 2 atom stereocenters. The van der Waals surface area contributed by atoms with Crippen LogP contribution in [0.2, 0.25) is 15.1 Å². The number of rotatable bonds is 9. The Morgan fingerprint density at radius 1 is 1.00 bits per heavy atom. The zero-order chi connectivity index (χ0) is 26.9. The average Bonchev–Trinajstić information content (AvgIpc) is 3.28. The van der Waals surface area contributed by atoms with E-state index in [0.717, 1.165) is 0 Å². The van der Waals surface area contributed by atoms with Crippen molar-refractivity contribution >= 4 is 81.8 Å². The van der Waals surface area contributed by atoms with E-state index in [1.54, 1.807) is 17.4 Å². The Balaban J connectivity index is 1.69. The van der Waals surface area contributed by atoms with Crippen molar-refractivity contribution < 1.29 is 27.6 Å². The summed E-state index contributed by atoms with van der Waals surface area (Å²) < 4.78 is 35.1. The number of carbonyl (C=O) groups excluding carboxylic acids is 3. The van der Waals surface area contributed by atoms with Gasteiger partial charge in [-0.1, -0.05) is 58.0 Å². The Bertz CT molecular complexity index is 1170. The fourth-order valence-electron chi connectivity index (χ4n) is 3.71. The Morgan fingerprint density at radius 3 is 2.22 bits per heavy atom. The highest BCUT2D eigenvalue weighted by Crippen LogP contribution is 2.73. The van der Waals surface area contributed by atoms with Crippen LogP contribution in [0.25, 0.3) is 0 Å². The topological polar surface area (TPSA) is 87.3 Å². The minimum atomic E-state index is -4.58. The molecule has 1 saturated carbocycles. The minimum absolute atomic E-state index is 0.0269. The summed E-state index contributed by atoms with van der Waals surface area (Å²) in [6, 6.07) is 9.02. The van der Waals surface area contributed by atoms with Crippen LogP contribution in [0.1, 0.15) is 21.8 Å². The quantitative estimate of drug-likeness (QED) is 0.256. The molecular weight excluding hydrogens is 589 g/mol. The lowest BCUT2D eigenvalue weighted by Crippen LogP contribution is -2.40. The third-order valence-corrected chi connectivity index (χ3v) is 7.44. The van der Waals surface area contributed by atoms with Gasteiger partial charge in [0.1, 0.15) is 17.2 Å². The first kappa shape index (κ1) is 28.7. The van der Waals surface area contributed by atoms with E-state index >= 15 is 0 Å². The van der Waals surface area contributed by atoms with Crippen LogP contribution in [0.15, 0.2) is 36.4 Å². The summed E-state index contributed by atoms with van der Waals surface area (Å²) in [4.78, 5) is 36.1. The summed E-state index contributed by atoms with van der Waals surface area (Å²) in [5, 5.41) is 7.56. The molecule has 0 radical (unpaired) electrons. The monoisotopic (exact) mass is 603 g/mol. The Labute approximate surface area is 228 Å². The molecule has 2 aromatic carbocycles. The number of carbonyl (C=O) groups is 3. The molecule has 0 heterocycles. The largest absolute Gasteiger partial charge is 0.405 e. The van der Waals surface area contributed by atoms with Gasteiger partial charge in [-0.3, -0.25) is 9.59 Å². The molecule has 2 unspecified atom stereocenters. The first-order valence-electron chi connectivity index (χ1n) is 10.2. The molecule has 194 valence electrons. The molecule has 0 aliphatic heterocycles. The number of anilines is 1. The average molecular weight is 606 g/mol. The molecule has 2 amide bonds. The lowest BCUT2D eigenvalue weighted by atomic mass is 10.00. The van der Waals surface area contributed by atoms with Gasteiger partial charge < -0.3 is 20.7 Å². The molecule has 0 aromatic heterocycles. The maximum atomic E-state index is 12.4. The van der Waals surface area contributed by atoms with Gasteiger partial charge in [-0.2, -0.15) is 13.2 Å². The molecule has 1 aliphatic rings. The molecular formula is C22H17Cl5F3N3O3. The highest BCUT2D eigenvalue weighted by atomic mass is 35.5. The number of hydrogen-bond acceptors (Lipinski definition) is 4. The van der Waals surface area contributed by atoms with Crippen LogP contribution in [0, 0.1) is 5.41 Å². The number of aldehydes is 1. The maximum absolute atomic E-state index is 12.4. The summed E-state index contributed by atoms with van der Waals surface area (Å²) in [7, 11) is 0. The van der Waals surface area contributed by atoms with E-state index in [1.807, 2.05) is 0 Å². The fourth-order valence-corrected chi connectivity index (χ4v) is 5.43. The molecule has 6 nitrogen and oxygen atoms in total. The van der Waals surface area contributed by atoms with Gasteiger partial charge in [0.25, 0.3) is 5.91 Å². The van der Waals surface area contributed by atoms with E-state index in [4.69, 9.17) is 58.0 Å². The van der Waals surface area contributed by atoms with Crippen molar-refractivity contribution in [3.05, 3.63) is 62.6 Å². The molecule has 36 heavy (non-hydrogen) atoms. The van der Waals surface area contributed by atoms with Crippen molar-refractivity contribution in [2.45, 2.75) is 16.4 Å². The third kappa shape index (κ3) is 6.31. The number of halogens is 8. The second-order valence-corrected chi connectivity index (χ2v) is 10.7. The van der Waals surface area contributed by atoms with Crippen molar-refractivity contribution in [1.82, 2.24) is 10.6 Å². The summed E-state index contributed by atoms with van der Waals surface area (Å²) in [6.45, 7) is -2.24. The van der Waals surface area contributed by atoms with Crippen molar-refractivity contribution in [3.8, 4) is 0 Å². The summed E-state index contributed by atoms with van der Waals surface area (Å²) in [5.41, 5.74) is -0.358. The van der Waals surface area contributed by atoms with Crippen molar-refractivity contribution in [2.24, 2.45) is 5.41 Å². The predicted octanol–water partition coefficient (Wildman–Crippen LogP) is 5.62. The zero-order valence-electron chi connectivity index (χ0n) is 18.0. The number of benzene rings is 2. The molecule has 0 spiro atoms.